The first-order chi connectivity index (χ1) is 8.69. The van der Waals surface area contributed by atoms with Gasteiger partial charge in [0.2, 0.25) is 11.8 Å². The topological polar surface area (TPSA) is 50.3 Å². The van der Waals surface area contributed by atoms with Gasteiger partial charge in [0.05, 0.1) is 6.61 Å². The summed E-state index contributed by atoms with van der Waals surface area (Å²) in [6, 6.07) is 2.84. The molecule has 1 aromatic rings. The molecule has 2 unspecified atom stereocenters. The van der Waals surface area contributed by atoms with E-state index in [0.717, 1.165) is 19.4 Å². The van der Waals surface area contributed by atoms with E-state index in [-0.39, 0.29) is 0 Å². The Morgan fingerprint density at radius 2 is 2.39 bits per heavy atom. The predicted octanol–water partition coefficient (Wildman–Crippen LogP) is 1.77. The van der Waals surface area contributed by atoms with E-state index < -0.39 is 0 Å². The Hall–Kier alpha value is -1.36. The molecule has 18 heavy (non-hydrogen) atoms. The number of anilines is 1. The molecule has 0 saturated carbocycles. The van der Waals surface area contributed by atoms with Gasteiger partial charge in [-0.15, -0.1) is 0 Å². The quantitative estimate of drug-likeness (QED) is 0.882. The lowest BCUT2D eigenvalue weighted by molar-refractivity contribution is 0.189. The zero-order valence-electron chi connectivity index (χ0n) is 11.4. The molecule has 1 N–H and O–H groups in total. The van der Waals surface area contributed by atoms with Crippen molar-refractivity contribution in [1.29, 1.82) is 0 Å². The first kappa shape index (κ1) is 13.1. The largest absolute Gasteiger partial charge is 0.478 e. The first-order valence-electron chi connectivity index (χ1n) is 6.61. The van der Waals surface area contributed by atoms with Crippen molar-refractivity contribution in [2.75, 3.05) is 25.5 Å². The van der Waals surface area contributed by atoms with Crippen molar-refractivity contribution in [3.8, 4) is 5.88 Å². The summed E-state index contributed by atoms with van der Waals surface area (Å²) in [6.07, 6.45) is 3.99. The Balaban J connectivity index is 1.94. The minimum Gasteiger partial charge on any atom is -0.478 e. The second-order valence-corrected chi connectivity index (χ2v) is 4.85. The van der Waals surface area contributed by atoms with Gasteiger partial charge in [0, 0.05) is 30.9 Å². The number of aromatic nitrogens is 2. The third-order valence-electron chi connectivity index (χ3n) is 3.46. The first-order valence-corrected chi connectivity index (χ1v) is 6.61. The maximum absolute atomic E-state index is 5.37. The average molecular weight is 250 g/mol. The molecule has 0 aromatic carbocycles. The molecule has 1 aliphatic heterocycles. The Morgan fingerprint density at radius 3 is 3.11 bits per heavy atom. The number of hydrogen-bond donors (Lipinski definition) is 1. The second kappa shape index (κ2) is 6.00. The molecule has 1 aliphatic rings. The lowest BCUT2D eigenvalue weighted by Gasteiger charge is -2.35. The third kappa shape index (κ3) is 3.32. The molecule has 0 bridgehead atoms. The maximum atomic E-state index is 5.37. The smallest absolute Gasteiger partial charge is 0.226 e. The van der Waals surface area contributed by atoms with Crippen LogP contribution in [0.5, 0.6) is 5.88 Å². The van der Waals surface area contributed by atoms with Gasteiger partial charge in [0.15, 0.2) is 0 Å². The summed E-state index contributed by atoms with van der Waals surface area (Å²) in [4.78, 5) is 11.0. The zero-order chi connectivity index (χ0) is 13.0. The van der Waals surface area contributed by atoms with Gasteiger partial charge in [-0.3, -0.25) is 0 Å². The van der Waals surface area contributed by atoms with Gasteiger partial charge in [0.1, 0.15) is 0 Å². The van der Waals surface area contributed by atoms with Gasteiger partial charge in [-0.2, -0.15) is 4.98 Å². The summed E-state index contributed by atoms with van der Waals surface area (Å²) < 4.78 is 5.37. The molecule has 1 aromatic heterocycles. The van der Waals surface area contributed by atoms with Gasteiger partial charge >= 0.3 is 0 Å². The summed E-state index contributed by atoms with van der Waals surface area (Å²) in [5.41, 5.74) is 0. The number of likely N-dealkylation sites (tertiary alicyclic amines) is 1. The second-order valence-electron chi connectivity index (χ2n) is 4.85. The van der Waals surface area contributed by atoms with Crippen molar-refractivity contribution in [2.45, 2.75) is 38.8 Å². The Labute approximate surface area is 109 Å². The maximum Gasteiger partial charge on any atom is 0.226 e. The molecular formula is C13H22N4O. The van der Waals surface area contributed by atoms with E-state index in [1.54, 1.807) is 12.3 Å². The fourth-order valence-corrected chi connectivity index (χ4v) is 2.24. The highest BCUT2D eigenvalue weighted by atomic mass is 16.5. The average Bonchev–Trinajstić information content (AvgIpc) is 2.35. The highest BCUT2D eigenvalue weighted by Gasteiger charge is 2.23. The SMILES string of the molecule is CCOc1ccnc(NC2CCN(C)C(C)C2)n1. The van der Waals surface area contributed by atoms with Crippen LogP contribution in [0.1, 0.15) is 26.7 Å². The number of ether oxygens (including phenoxy) is 1. The van der Waals surface area contributed by atoms with Crippen molar-refractivity contribution >= 4 is 5.95 Å². The fraction of sp³-hybridized carbons (Fsp3) is 0.692. The normalized spacial score (nSPS) is 24.8. The van der Waals surface area contributed by atoms with Crippen molar-refractivity contribution in [3.63, 3.8) is 0 Å². The van der Waals surface area contributed by atoms with E-state index in [9.17, 15) is 0 Å². The molecule has 0 amide bonds. The van der Waals surface area contributed by atoms with Crippen LogP contribution in [-0.2, 0) is 0 Å². The van der Waals surface area contributed by atoms with Gasteiger partial charge in [-0.1, -0.05) is 0 Å². The molecule has 2 rings (SSSR count). The molecule has 100 valence electrons. The van der Waals surface area contributed by atoms with Gasteiger partial charge < -0.3 is 15.0 Å². The number of piperidine rings is 1. The number of hydrogen-bond acceptors (Lipinski definition) is 5. The van der Waals surface area contributed by atoms with Crippen LogP contribution in [0.15, 0.2) is 12.3 Å². The molecule has 2 heterocycles. The molecule has 1 saturated heterocycles. The molecule has 5 nitrogen and oxygen atoms in total. The van der Waals surface area contributed by atoms with Gasteiger partial charge in [-0.05, 0) is 33.7 Å². The predicted molar refractivity (Wildman–Crippen MR) is 71.9 cm³/mol. The summed E-state index contributed by atoms with van der Waals surface area (Å²) in [6.45, 7) is 5.95. The van der Waals surface area contributed by atoms with Crippen LogP contribution < -0.4 is 10.1 Å². The highest BCUT2D eigenvalue weighted by molar-refractivity contribution is 5.29. The highest BCUT2D eigenvalue weighted by Crippen LogP contribution is 2.18. The van der Waals surface area contributed by atoms with Gasteiger partial charge in [0.25, 0.3) is 0 Å². The van der Waals surface area contributed by atoms with Gasteiger partial charge in [-0.25, -0.2) is 4.98 Å². The Bertz CT molecular complexity index is 385. The van der Waals surface area contributed by atoms with Crippen LogP contribution in [0, 0.1) is 0 Å². The van der Waals surface area contributed by atoms with Crippen LogP contribution >= 0.6 is 0 Å². The van der Waals surface area contributed by atoms with E-state index in [1.807, 2.05) is 6.92 Å². The van der Waals surface area contributed by atoms with E-state index in [4.69, 9.17) is 4.74 Å². The minimum atomic E-state index is 0.452. The van der Waals surface area contributed by atoms with Crippen LogP contribution in [0.25, 0.3) is 0 Å². The number of nitrogens with zero attached hydrogens (tertiary/aromatic N) is 3. The summed E-state index contributed by atoms with van der Waals surface area (Å²) in [5.74, 6) is 1.30. The minimum absolute atomic E-state index is 0.452. The van der Waals surface area contributed by atoms with Crippen LogP contribution in [0.3, 0.4) is 0 Å². The standard InChI is InChI=1S/C13H22N4O/c1-4-18-12-5-7-14-13(16-12)15-11-6-8-17(3)10(2)9-11/h5,7,10-11H,4,6,8-9H2,1-3H3,(H,14,15,16). The molecule has 0 radical (unpaired) electrons. The van der Waals surface area contributed by atoms with Crippen LogP contribution in [0.2, 0.25) is 0 Å². The number of rotatable bonds is 4. The number of nitrogens with one attached hydrogen (secondary N) is 1. The van der Waals surface area contributed by atoms with E-state index in [0.29, 0.717) is 30.5 Å². The summed E-state index contributed by atoms with van der Waals surface area (Å²) in [7, 11) is 2.17. The Kier molecular flexibility index (Phi) is 4.36. The van der Waals surface area contributed by atoms with E-state index in [1.165, 1.54) is 0 Å². The molecule has 2 atom stereocenters. The van der Waals surface area contributed by atoms with Crippen molar-refractivity contribution in [2.24, 2.45) is 0 Å². The third-order valence-corrected chi connectivity index (χ3v) is 3.46. The van der Waals surface area contributed by atoms with E-state index >= 15 is 0 Å². The molecular weight excluding hydrogens is 228 g/mol. The molecule has 0 aliphatic carbocycles. The van der Waals surface area contributed by atoms with Crippen molar-refractivity contribution in [3.05, 3.63) is 12.3 Å². The molecule has 0 spiro atoms. The lowest BCUT2D eigenvalue weighted by Crippen LogP contribution is -2.42. The van der Waals surface area contributed by atoms with E-state index in [2.05, 4.69) is 34.2 Å². The molecule has 1 fully saturated rings. The van der Waals surface area contributed by atoms with Crippen molar-refractivity contribution < 1.29 is 4.74 Å². The molecule has 5 heteroatoms. The van der Waals surface area contributed by atoms with Crippen molar-refractivity contribution in [1.82, 2.24) is 14.9 Å². The monoisotopic (exact) mass is 250 g/mol. The van der Waals surface area contributed by atoms with Crippen LogP contribution in [0.4, 0.5) is 5.95 Å². The van der Waals surface area contributed by atoms with Crippen LogP contribution in [-0.4, -0.2) is 47.2 Å². The fourth-order valence-electron chi connectivity index (χ4n) is 2.24. The lowest BCUT2D eigenvalue weighted by atomic mass is 9.99. The summed E-state index contributed by atoms with van der Waals surface area (Å²) >= 11 is 0. The zero-order valence-corrected chi connectivity index (χ0v) is 11.4. The Morgan fingerprint density at radius 1 is 1.56 bits per heavy atom. The summed E-state index contributed by atoms with van der Waals surface area (Å²) in [5, 5.41) is 3.40.